The number of anilines is 1. The van der Waals surface area contributed by atoms with Crippen molar-refractivity contribution in [3.05, 3.63) is 54.0 Å². The third kappa shape index (κ3) is 3.80. The first kappa shape index (κ1) is 17.9. The second kappa shape index (κ2) is 7.66. The van der Waals surface area contributed by atoms with E-state index in [4.69, 9.17) is 10.2 Å². The molecule has 3 N–H and O–H groups in total. The number of benzene rings is 1. The van der Waals surface area contributed by atoms with Gasteiger partial charge in [0.2, 0.25) is 0 Å². The van der Waals surface area contributed by atoms with Crippen LogP contribution in [0.25, 0.3) is 11.0 Å². The molecule has 1 saturated heterocycles. The number of fused-ring (bicyclic) bond motifs is 1. The van der Waals surface area contributed by atoms with Gasteiger partial charge in [0, 0.05) is 18.8 Å². The second-order valence-corrected chi connectivity index (χ2v) is 7.00. The SMILES string of the molecule is CN1CC[C@@H](NC(=O)Nc2ccc(C#N)cn2)C[C@@H]1c1nc2ccccc2[nH]1. The number of urea groups is 1. The van der Waals surface area contributed by atoms with Crippen molar-refractivity contribution in [3.63, 3.8) is 0 Å². The van der Waals surface area contributed by atoms with E-state index < -0.39 is 0 Å². The van der Waals surface area contributed by atoms with Crippen LogP contribution in [0.5, 0.6) is 0 Å². The molecule has 1 aliphatic rings. The van der Waals surface area contributed by atoms with E-state index in [2.05, 4.69) is 32.5 Å². The molecule has 4 rings (SSSR count). The predicted molar refractivity (Wildman–Crippen MR) is 106 cm³/mol. The molecular weight excluding hydrogens is 354 g/mol. The van der Waals surface area contributed by atoms with Gasteiger partial charge in [-0.2, -0.15) is 5.26 Å². The van der Waals surface area contributed by atoms with E-state index in [0.29, 0.717) is 11.4 Å². The van der Waals surface area contributed by atoms with E-state index in [0.717, 1.165) is 36.2 Å². The van der Waals surface area contributed by atoms with Crippen molar-refractivity contribution in [1.82, 2.24) is 25.2 Å². The molecule has 2 amide bonds. The van der Waals surface area contributed by atoms with Crippen molar-refractivity contribution >= 4 is 22.9 Å². The number of piperidine rings is 1. The maximum atomic E-state index is 12.3. The van der Waals surface area contributed by atoms with E-state index in [-0.39, 0.29) is 18.1 Å². The van der Waals surface area contributed by atoms with Crippen LogP contribution >= 0.6 is 0 Å². The Morgan fingerprint density at radius 1 is 1.32 bits per heavy atom. The zero-order valence-electron chi connectivity index (χ0n) is 15.5. The lowest BCUT2D eigenvalue weighted by atomic mass is 9.97. The van der Waals surface area contributed by atoms with Crippen molar-refractivity contribution in [2.24, 2.45) is 0 Å². The molecule has 1 fully saturated rings. The van der Waals surface area contributed by atoms with Crippen molar-refractivity contribution in [2.45, 2.75) is 24.9 Å². The number of rotatable bonds is 3. The lowest BCUT2D eigenvalue weighted by molar-refractivity contribution is 0.153. The molecule has 142 valence electrons. The highest BCUT2D eigenvalue weighted by atomic mass is 16.2. The minimum Gasteiger partial charge on any atom is -0.341 e. The predicted octanol–water partition coefficient (Wildman–Crippen LogP) is 2.79. The van der Waals surface area contributed by atoms with Crippen LogP contribution in [0.1, 0.15) is 30.3 Å². The number of imidazole rings is 1. The Labute approximate surface area is 162 Å². The van der Waals surface area contributed by atoms with Gasteiger partial charge in [-0.3, -0.25) is 10.2 Å². The van der Waals surface area contributed by atoms with E-state index in [1.54, 1.807) is 12.1 Å². The first-order valence-corrected chi connectivity index (χ1v) is 9.21. The number of hydrogen-bond acceptors (Lipinski definition) is 5. The fourth-order valence-corrected chi connectivity index (χ4v) is 3.54. The quantitative estimate of drug-likeness (QED) is 0.652. The Bertz CT molecular complexity index is 988. The van der Waals surface area contributed by atoms with Crippen molar-refractivity contribution in [3.8, 4) is 6.07 Å². The number of amides is 2. The Balaban J connectivity index is 1.41. The molecule has 0 bridgehead atoms. The molecule has 2 aromatic heterocycles. The third-order valence-corrected chi connectivity index (χ3v) is 5.06. The number of para-hydroxylation sites is 2. The highest BCUT2D eigenvalue weighted by Gasteiger charge is 2.30. The number of likely N-dealkylation sites (tertiary alicyclic amines) is 1. The number of nitrogens with zero attached hydrogens (tertiary/aromatic N) is 4. The number of aromatic nitrogens is 3. The van der Waals surface area contributed by atoms with Crippen LogP contribution in [0.4, 0.5) is 10.6 Å². The number of H-pyrrole nitrogens is 1. The smallest absolute Gasteiger partial charge is 0.320 e. The van der Waals surface area contributed by atoms with Gasteiger partial charge in [-0.05, 0) is 44.2 Å². The highest BCUT2D eigenvalue weighted by molar-refractivity contribution is 5.88. The average Bonchev–Trinajstić information content (AvgIpc) is 3.14. The van der Waals surface area contributed by atoms with Crippen LogP contribution in [-0.4, -0.2) is 45.5 Å². The third-order valence-electron chi connectivity index (χ3n) is 5.06. The molecule has 8 nitrogen and oxygen atoms in total. The molecule has 2 atom stereocenters. The maximum Gasteiger partial charge on any atom is 0.320 e. The Hall–Kier alpha value is -3.44. The summed E-state index contributed by atoms with van der Waals surface area (Å²) in [4.78, 5) is 26.8. The number of hydrogen-bond donors (Lipinski definition) is 3. The summed E-state index contributed by atoms with van der Waals surface area (Å²) in [5.41, 5.74) is 2.42. The van der Waals surface area contributed by atoms with Crippen LogP contribution in [-0.2, 0) is 0 Å². The fraction of sp³-hybridized carbons (Fsp3) is 0.300. The van der Waals surface area contributed by atoms with E-state index in [1.807, 2.05) is 30.3 Å². The van der Waals surface area contributed by atoms with Crippen molar-refractivity contribution < 1.29 is 4.79 Å². The second-order valence-electron chi connectivity index (χ2n) is 7.00. The fourth-order valence-electron chi connectivity index (χ4n) is 3.54. The molecule has 3 heterocycles. The van der Waals surface area contributed by atoms with E-state index in [9.17, 15) is 4.79 Å². The maximum absolute atomic E-state index is 12.3. The van der Waals surface area contributed by atoms with Gasteiger partial charge in [0.1, 0.15) is 17.7 Å². The highest BCUT2D eigenvalue weighted by Crippen LogP contribution is 2.29. The summed E-state index contributed by atoms with van der Waals surface area (Å²) >= 11 is 0. The molecule has 0 radical (unpaired) electrons. The zero-order valence-corrected chi connectivity index (χ0v) is 15.5. The normalized spacial score (nSPS) is 19.9. The summed E-state index contributed by atoms with van der Waals surface area (Å²) in [6.07, 6.45) is 3.06. The van der Waals surface area contributed by atoms with E-state index >= 15 is 0 Å². The van der Waals surface area contributed by atoms with Gasteiger partial charge >= 0.3 is 6.03 Å². The molecular formula is C20H21N7O. The van der Waals surface area contributed by atoms with Gasteiger partial charge in [-0.15, -0.1) is 0 Å². The van der Waals surface area contributed by atoms with Crippen molar-refractivity contribution in [1.29, 1.82) is 5.26 Å². The van der Waals surface area contributed by atoms with E-state index in [1.165, 1.54) is 6.20 Å². The standard InChI is InChI=1S/C20H21N7O/c1-27-9-8-14(23-20(28)26-18-7-6-13(11-21)12-22-18)10-17(27)19-24-15-4-2-3-5-16(15)25-19/h2-7,12,14,17H,8-10H2,1H3,(H,24,25)(H2,22,23,26,28)/t14-,17-/m1/s1. The minimum atomic E-state index is -0.296. The van der Waals surface area contributed by atoms with Crippen molar-refractivity contribution in [2.75, 3.05) is 18.9 Å². The number of nitriles is 1. The molecule has 0 unspecified atom stereocenters. The molecule has 3 aromatic rings. The Morgan fingerprint density at radius 2 is 2.18 bits per heavy atom. The van der Waals surface area contributed by atoms with Crippen LogP contribution < -0.4 is 10.6 Å². The first-order valence-electron chi connectivity index (χ1n) is 9.21. The summed E-state index contributed by atoms with van der Waals surface area (Å²) in [6.45, 7) is 0.863. The van der Waals surface area contributed by atoms with Crippen LogP contribution in [0, 0.1) is 11.3 Å². The minimum absolute atomic E-state index is 0.0350. The van der Waals surface area contributed by atoms with Gasteiger partial charge in [-0.1, -0.05) is 12.1 Å². The molecule has 1 aromatic carbocycles. The molecule has 28 heavy (non-hydrogen) atoms. The molecule has 0 saturated carbocycles. The summed E-state index contributed by atoms with van der Waals surface area (Å²) in [7, 11) is 2.08. The summed E-state index contributed by atoms with van der Waals surface area (Å²) in [6, 6.07) is 13.1. The van der Waals surface area contributed by atoms with Gasteiger partial charge < -0.3 is 10.3 Å². The number of nitrogens with one attached hydrogen (secondary N) is 3. The van der Waals surface area contributed by atoms with Crippen LogP contribution in [0.3, 0.4) is 0 Å². The summed E-state index contributed by atoms with van der Waals surface area (Å²) in [5, 5.41) is 14.6. The molecule has 8 heteroatoms. The Morgan fingerprint density at radius 3 is 2.93 bits per heavy atom. The Kier molecular flexibility index (Phi) is 4.91. The first-order chi connectivity index (χ1) is 13.6. The number of carbonyl (C=O) groups is 1. The number of carbonyl (C=O) groups excluding carboxylic acids is 1. The van der Waals surface area contributed by atoms with Crippen LogP contribution in [0.15, 0.2) is 42.6 Å². The number of aromatic amines is 1. The van der Waals surface area contributed by atoms with Gasteiger partial charge in [0.15, 0.2) is 0 Å². The lowest BCUT2D eigenvalue weighted by Gasteiger charge is -2.36. The van der Waals surface area contributed by atoms with Gasteiger partial charge in [0.25, 0.3) is 0 Å². The van der Waals surface area contributed by atoms with Crippen LogP contribution in [0.2, 0.25) is 0 Å². The summed E-state index contributed by atoms with van der Waals surface area (Å²) in [5.74, 6) is 1.34. The monoisotopic (exact) mass is 375 g/mol. The molecule has 1 aliphatic heterocycles. The molecule has 0 aliphatic carbocycles. The topological polar surface area (TPSA) is 110 Å². The molecule has 0 spiro atoms. The average molecular weight is 375 g/mol. The number of pyridine rings is 1. The zero-order chi connectivity index (χ0) is 19.5. The largest absolute Gasteiger partial charge is 0.341 e. The van der Waals surface area contributed by atoms with Gasteiger partial charge in [-0.25, -0.2) is 14.8 Å². The lowest BCUT2D eigenvalue weighted by Crippen LogP contribution is -2.46. The van der Waals surface area contributed by atoms with Gasteiger partial charge in [0.05, 0.1) is 22.6 Å². The summed E-state index contributed by atoms with van der Waals surface area (Å²) < 4.78 is 0.